The van der Waals surface area contributed by atoms with Crippen molar-refractivity contribution in [1.29, 1.82) is 0 Å². The van der Waals surface area contributed by atoms with Gasteiger partial charge in [0.15, 0.2) is 0 Å². The van der Waals surface area contributed by atoms with Crippen LogP contribution < -0.4 is 21.1 Å². The van der Waals surface area contributed by atoms with E-state index in [0.717, 1.165) is 19.3 Å². The Labute approximate surface area is 212 Å². The maximum absolute atomic E-state index is 12.9. The number of amides is 2. The van der Waals surface area contributed by atoms with E-state index < -0.39 is 12.1 Å². The maximum Gasteiger partial charge on any atom is 0.255 e. The lowest BCUT2D eigenvalue weighted by Crippen LogP contribution is -2.44. The summed E-state index contributed by atoms with van der Waals surface area (Å²) in [6.07, 6.45) is 2.91. The number of aliphatic hydroxyl groups is 1. The van der Waals surface area contributed by atoms with Gasteiger partial charge in [-0.15, -0.1) is 0 Å². The molecule has 7 heteroatoms. The summed E-state index contributed by atoms with van der Waals surface area (Å²) in [7, 11) is 0. The number of benzene rings is 1. The molecule has 0 aliphatic rings. The van der Waals surface area contributed by atoms with Crippen LogP contribution in [0.1, 0.15) is 84.0 Å². The van der Waals surface area contributed by atoms with Crippen LogP contribution >= 0.6 is 0 Å². The summed E-state index contributed by atoms with van der Waals surface area (Å²) in [5.74, 6) is 0.549. The molecule has 5 N–H and O–H groups in total. The molecule has 2 amide bonds. The fourth-order valence-electron chi connectivity index (χ4n) is 4.05. The monoisotopic (exact) mass is 491 g/mol. The van der Waals surface area contributed by atoms with E-state index in [1.165, 1.54) is 0 Å². The van der Waals surface area contributed by atoms with E-state index in [9.17, 15) is 14.7 Å². The molecule has 1 rings (SSSR count). The van der Waals surface area contributed by atoms with Crippen molar-refractivity contribution in [2.45, 2.75) is 85.8 Å². The normalized spacial score (nSPS) is 14.9. The van der Waals surface area contributed by atoms with Crippen molar-refractivity contribution in [3.63, 3.8) is 0 Å². The molecule has 4 atom stereocenters. The Hall–Kier alpha value is -2.12. The van der Waals surface area contributed by atoms with Crippen LogP contribution in [0.2, 0.25) is 0 Å². The van der Waals surface area contributed by atoms with E-state index in [0.29, 0.717) is 43.9 Å². The van der Waals surface area contributed by atoms with Gasteiger partial charge < -0.3 is 26.2 Å². The van der Waals surface area contributed by atoms with Crippen LogP contribution in [0, 0.1) is 23.7 Å². The Kier molecular flexibility index (Phi) is 14.6. The lowest BCUT2D eigenvalue weighted by molar-refractivity contribution is -0.127. The van der Waals surface area contributed by atoms with Crippen molar-refractivity contribution < 1.29 is 19.4 Å². The minimum Gasteiger partial charge on any atom is -0.493 e. The van der Waals surface area contributed by atoms with Crippen LogP contribution in [0.4, 0.5) is 0 Å². The first-order chi connectivity index (χ1) is 16.6. The van der Waals surface area contributed by atoms with Gasteiger partial charge in [-0.05, 0) is 55.6 Å². The fraction of sp³-hybridized carbons (Fsp3) is 0.714. The lowest BCUT2D eigenvalue weighted by atomic mass is 9.83. The van der Waals surface area contributed by atoms with Crippen molar-refractivity contribution >= 4 is 11.8 Å². The molecule has 0 bridgehead atoms. The predicted molar refractivity (Wildman–Crippen MR) is 142 cm³/mol. The van der Waals surface area contributed by atoms with Crippen LogP contribution in [-0.2, 0) is 4.79 Å². The Morgan fingerprint density at radius 3 is 2.29 bits per heavy atom. The first kappa shape index (κ1) is 30.9. The van der Waals surface area contributed by atoms with Crippen molar-refractivity contribution in [1.82, 2.24) is 10.6 Å². The van der Waals surface area contributed by atoms with Gasteiger partial charge in [0, 0.05) is 25.0 Å². The molecule has 0 aliphatic carbocycles. The Balaban J connectivity index is 2.72. The first-order valence-corrected chi connectivity index (χ1v) is 13.3. The van der Waals surface area contributed by atoms with Crippen LogP contribution in [0.15, 0.2) is 24.3 Å². The molecule has 0 radical (unpaired) electrons. The highest BCUT2D eigenvalue weighted by Crippen LogP contribution is 2.24. The van der Waals surface area contributed by atoms with E-state index in [2.05, 4.69) is 31.4 Å². The third-order valence-electron chi connectivity index (χ3n) is 6.60. The molecule has 0 saturated heterocycles. The number of nitrogens with two attached hydrogens (primary N) is 1. The van der Waals surface area contributed by atoms with Gasteiger partial charge in [0.25, 0.3) is 5.91 Å². The fourth-order valence-corrected chi connectivity index (χ4v) is 4.05. The van der Waals surface area contributed by atoms with E-state index in [1.807, 2.05) is 32.9 Å². The summed E-state index contributed by atoms with van der Waals surface area (Å²) < 4.78 is 5.72. The second-order valence-corrected chi connectivity index (χ2v) is 10.3. The number of para-hydroxylation sites is 1. The van der Waals surface area contributed by atoms with Gasteiger partial charge in [-0.25, -0.2) is 0 Å². The van der Waals surface area contributed by atoms with Gasteiger partial charge in [0.1, 0.15) is 5.75 Å². The maximum atomic E-state index is 12.9. The van der Waals surface area contributed by atoms with Gasteiger partial charge in [0.2, 0.25) is 5.91 Å². The number of nitrogens with one attached hydrogen (secondary N) is 2. The zero-order chi connectivity index (χ0) is 26.4. The minimum absolute atomic E-state index is 0.0173. The summed E-state index contributed by atoms with van der Waals surface area (Å²) in [5, 5.41) is 16.9. The number of carbonyl (C=O) groups excluding carboxylic acids is 2. The highest BCUT2D eigenvalue weighted by atomic mass is 16.5. The number of unbranched alkanes of at least 4 members (excludes halogenated alkanes) is 1. The molecular weight excluding hydrogens is 442 g/mol. The number of hydrogen-bond acceptors (Lipinski definition) is 5. The van der Waals surface area contributed by atoms with Gasteiger partial charge >= 0.3 is 0 Å². The van der Waals surface area contributed by atoms with Crippen LogP contribution in [0.3, 0.4) is 0 Å². The van der Waals surface area contributed by atoms with Crippen LogP contribution in [0.5, 0.6) is 5.75 Å². The lowest BCUT2D eigenvalue weighted by Gasteiger charge is -2.30. The highest BCUT2D eigenvalue weighted by molar-refractivity contribution is 5.96. The van der Waals surface area contributed by atoms with Crippen molar-refractivity contribution in [2.24, 2.45) is 29.4 Å². The number of carbonyl (C=O) groups is 2. The Morgan fingerprint density at radius 1 is 1.00 bits per heavy atom. The standard InChI is InChI=1S/C28H49N3O4/c1-7-9-14-30-28(34)23(20(5)6)17-25(32)24(29)16-21(19(3)4)18-31-27(33)22-12-10-11-13-26(22)35-15-8-2/h10-13,19-21,23-25,32H,7-9,14-18,29H2,1-6H3,(H,30,34)(H,31,33)/t21-,23-,24-,25-/m0/s1. The second kappa shape index (κ2) is 16.5. The second-order valence-electron chi connectivity index (χ2n) is 10.3. The van der Waals surface area contributed by atoms with Gasteiger partial charge in [-0.2, -0.15) is 0 Å². The van der Waals surface area contributed by atoms with E-state index in [4.69, 9.17) is 10.5 Å². The largest absolute Gasteiger partial charge is 0.493 e. The molecule has 1 aromatic rings. The van der Waals surface area contributed by atoms with Crippen molar-refractivity contribution in [3.8, 4) is 5.75 Å². The third kappa shape index (κ3) is 11.0. The highest BCUT2D eigenvalue weighted by Gasteiger charge is 2.29. The molecule has 0 saturated carbocycles. The van der Waals surface area contributed by atoms with Crippen LogP contribution in [-0.4, -0.2) is 48.8 Å². The number of rotatable bonds is 17. The third-order valence-corrected chi connectivity index (χ3v) is 6.60. The molecule has 0 aromatic heterocycles. The molecule has 0 unspecified atom stereocenters. The summed E-state index contributed by atoms with van der Waals surface area (Å²) in [4.78, 5) is 25.5. The van der Waals surface area contributed by atoms with E-state index >= 15 is 0 Å². The average molecular weight is 492 g/mol. The molecule has 0 aliphatic heterocycles. The smallest absolute Gasteiger partial charge is 0.255 e. The van der Waals surface area contributed by atoms with Crippen molar-refractivity contribution in [3.05, 3.63) is 29.8 Å². The molecular formula is C28H49N3O4. The minimum atomic E-state index is -0.792. The van der Waals surface area contributed by atoms with Gasteiger partial charge in [0.05, 0.1) is 18.3 Å². The number of aliphatic hydroxyl groups excluding tert-OH is 1. The van der Waals surface area contributed by atoms with Crippen molar-refractivity contribution in [2.75, 3.05) is 19.7 Å². The number of ether oxygens (including phenoxy) is 1. The molecule has 0 fully saturated rings. The first-order valence-electron chi connectivity index (χ1n) is 13.3. The molecule has 35 heavy (non-hydrogen) atoms. The van der Waals surface area contributed by atoms with E-state index in [-0.39, 0.29) is 35.5 Å². The topological polar surface area (TPSA) is 114 Å². The van der Waals surface area contributed by atoms with Crippen LogP contribution in [0.25, 0.3) is 0 Å². The van der Waals surface area contributed by atoms with Gasteiger partial charge in [-0.1, -0.05) is 60.1 Å². The quantitative estimate of drug-likeness (QED) is 0.245. The summed E-state index contributed by atoms with van der Waals surface area (Å²) in [6, 6.07) is 6.76. The molecule has 200 valence electrons. The Bertz CT molecular complexity index is 753. The SMILES string of the molecule is CCCCNC(=O)[C@@H](C[C@H](O)[C@@H](N)C[C@@H](CNC(=O)c1ccccc1OCCC)C(C)C)C(C)C. The predicted octanol–water partition coefficient (Wildman–Crippen LogP) is 4.13. The Morgan fingerprint density at radius 2 is 1.69 bits per heavy atom. The molecule has 0 heterocycles. The summed E-state index contributed by atoms with van der Waals surface area (Å²) >= 11 is 0. The van der Waals surface area contributed by atoms with Gasteiger partial charge in [-0.3, -0.25) is 9.59 Å². The summed E-state index contributed by atoms with van der Waals surface area (Å²) in [5.41, 5.74) is 6.92. The average Bonchev–Trinajstić information content (AvgIpc) is 2.82. The molecule has 0 spiro atoms. The van der Waals surface area contributed by atoms with E-state index in [1.54, 1.807) is 12.1 Å². The zero-order valence-corrected chi connectivity index (χ0v) is 22.7. The molecule has 1 aromatic carbocycles. The molecule has 7 nitrogen and oxygen atoms in total. The number of hydrogen-bond donors (Lipinski definition) is 4. The summed E-state index contributed by atoms with van der Waals surface area (Å²) in [6.45, 7) is 13.9. The zero-order valence-electron chi connectivity index (χ0n) is 22.7.